The van der Waals surface area contributed by atoms with Crippen molar-refractivity contribution in [3.05, 3.63) is 94.5 Å². The fourth-order valence-electron chi connectivity index (χ4n) is 4.20. The number of carbonyl (C=O) groups excluding carboxylic acids is 1. The van der Waals surface area contributed by atoms with E-state index in [2.05, 4.69) is 5.32 Å². The van der Waals surface area contributed by atoms with Gasteiger partial charge in [-0.25, -0.2) is 5.01 Å². The summed E-state index contributed by atoms with van der Waals surface area (Å²) in [5.41, 5.74) is 3.52. The van der Waals surface area contributed by atoms with Gasteiger partial charge in [0.2, 0.25) is 0 Å². The Morgan fingerprint density at radius 3 is 2.50 bits per heavy atom. The minimum Gasteiger partial charge on any atom is -0.385 e. The molecule has 2 heterocycles. The normalized spacial score (nSPS) is 22.6. The highest BCUT2D eigenvalue weighted by Gasteiger charge is 2.58. The van der Waals surface area contributed by atoms with Crippen molar-refractivity contribution in [1.82, 2.24) is 0 Å². The highest BCUT2D eigenvalue weighted by Crippen LogP contribution is 2.48. The average Bonchev–Trinajstić information content (AvgIpc) is 3.15. The quantitative estimate of drug-likeness (QED) is 0.635. The largest absolute Gasteiger partial charge is 0.385 e. The van der Waals surface area contributed by atoms with E-state index in [4.69, 9.17) is 16.7 Å². The number of nitrogens with one attached hydrogen (secondary N) is 1. The summed E-state index contributed by atoms with van der Waals surface area (Å²) in [6.45, 7) is 2.02. The van der Waals surface area contributed by atoms with Crippen LogP contribution >= 0.6 is 11.6 Å². The number of hydrazone groups is 1. The molecule has 150 valence electrons. The van der Waals surface area contributed by atoms with E-state index in [1.54, 1.807) is 23.2 Å². The minimum atomic E-state index is -1.29. The molecule has 30 heavy (non-hydrogen) atoms. The number of hydrogen-bond donors (Lipinski definition) is 2. The lowest BCUT2D eigenvalue weighted by atomic mass is 9.78. The first-order chi connectivity index (χ1) is 14.5. The van der Waals surface area contributed by atoms with Crippen molar-refractivity contribution >= 4 is 34.6 Å². The number of para-hydroxylation sites is 1. The van der Waals surface area contributed by atoms with Crippen LogP contribution in [0.15, 0.2) is 77.9 Å². The maximum Gasteiger partial charge on any atom is 0.255 e. The molecule has 2 aliphatic heterocycles. The highest BCUT2D eigenvalue weighted by atomic mass is 35.5. The number of benzene rings is 3. The standard InChI is InChI=1S/C24H20ClN3O2/c1-15-6-8-16(9-7-15)21-14-24(28(27-21)18-12-10-17(25)11-13-18)22(29)19-4-2-3-5-20(19)26-23(24)30/h2-13,22,29H,14H2,1H3,(H,26,30)/t22?,24-/m1/s1. The van der Waals surface area contributed by atoms with Gasteiger partial charge in [0.05, 0.1) is 11.4 Å². The van der Waals surface area contributed by atoms with Crippen LogP contribution in [0.25, 0.3) is 0 Å². The molecule has 6 heteroatoms. The topological polar surface area (TPSA) is 64.9 Å². The van der Waals surface area contributed by atoms with E-state index in [9.17, 15) is 9.90 Å². The number of aliphatic hydroxyl groups excluding tert-OH is 1. The van der Waals surface area contributed by atoms with Gasteiger partial charge in [0.25, 0.3) is 5.91 Å². The lowest BCUT2D eigenvalue weighted by molar-refractivity contribution is -0.125. The number of rotatable bonds is 2. The van der Waals surface area contributed by atoms with Gasteiger partial charge in [-0.15, -0.1) is 0 Å². The van der Waals surface area contributed by atoms with Gasteiger partial charge in [-0.2, -0.15) is 5.10 Å². The van der Waals surface area contributed by atoms with Crippen molar-refractivity contribution in [3.63, 3.8) is 0 Å². The molecule has 1 spiro atoms. The molecule has 0 radical (unpaired) electrons. The van der Waals surface area contributed by atoms with Gasteiger partial charge in [-0.1, -0.05) is 59.6 Å². The molecule has 3 aromatic carbocycles. The number of aliphatic hydroxyl groups is 1. The molecule has 1 amide bonds. The molecule has 2 aliphatic rings. The first kappa shape index (κ1) is 18.9. The molecule has 0 aliphatic carbocycles. The van der Waals surface area contributed by atoms with Crippen LogP contribution in [0.1, 0.15) is 29.2 Å². The predicted octanol–water partition coefficient (Wildman–Crippen LogP) is 4.69. The summed E-state index contributed by atoms with van der Waals surface area (Å²) in [5, 5.41) is 21.5. The number of aryl methyl sites for hydroxylation is 1. The third kappa shape index (κ3) is 2.82. The molecule has 2 atom stereocenters. The average molecular weight is 418 g/mol. The van der Waals surface area contributed by atoms with Gasteiger partial charge in [0.1, 0.15) is 6.10 Å². The SMILES string of the molecule is Cc1ccc(C2=NN(c3ccc(Cl)cc3)[C@@]3(C2)C(=O)Nc2ccccc2C3O)cc1. The van der Waals surface area contributed by atoms with Gasteiger partial charge in [-0.3, -0.25) is 4.79 Å². The van der Waals surface area contributed by atoms with Crippen molar-refractivity contribution in [2.45, 2.75) is 25.0 Å². The van der Waals surface area contributed by atoms with Crippen LogP contribution in [0.2, 0.25) is 5.02 Å². The summed E-state index contributed by atoms with van der Waals surface area (Å²) in [6, 6.07) is 22.5. The van der Waals surface area contributed by atoms with Crippen molar-refractivity contribution < 1.29 is 9.90 Å². The highest BCUT2D eigenvalue weighted by molar-refractivity contribution is 6.30. The molecule has 0 saturated carbocycles. The second-order valence-corrected chi connectivity index (χ2v) is 8.18. The summed E-state index contributed by atoms with van der Waals surface area (Å²) in [7, 11) is 0. The first-order valence-corrected chi connectivity index (χ1v) is 10.2. The lowest BCUT2D eigenvalue weighted by Gasteiger charge is -2.43. The van der Waals surface area contributed by atoms with E-state index >= 15 is 0 Å². The Morgan fingerprint density at radius 2 is 1.77 bits per heavy atom. The van der Waals surface area contributed by atoms with Crippen LogP contribution < -0.4 is 10.3 Å². The molecule has 1 unspecified atom stereocenters. The predicted molar refractivity (Wildman–Crippen MR) is 119 cm³/mol. The van der Waals surface area contributed by atoms with Crippen molar-refractivity contribution in [1.29, 1.82) is 0 Å². The monoisotopic (exact) mass is 417 g/mol. The van der Waals surface area contributed by atoms with E-state index in [1.165, 1.54) is 0 Å². The Kier molecular flexibility index (Phi) is 4.38. The number of amides is 1. The Bertz CT molecular complexity index is 1160. The Hall–Kier alpha value is -3.15. The lowest BCUT2D eigenvalue weighted by Crippen LogP contribution is -2.59. The number of halogens is 1. The minimum absolute atomic E-state index is 0.278. The van der Waals surface area contributed by atoms with E-state index in [0.717, 1.165) is 16.8 Å². The summed E-state index contributed by atoms with van der Waals surface area (Å²) in [4.78, 5) is 13.5. The number of nitrogens with zero attached hydrogens (tertiary/aromatic N) is 2. The van der Waals surface area contributed by atoms with E-state index < -0.39 is 11.6 Å². The van der Waals surface area contributed by atoms with Crippen LogP contribution in [0, 0.1) is 6.92 Å². The number of hydrogen-bond acceptors (Lipinski definition) is 4. The van der Waals surface area contributed by atoms with Gasteiger partial charge in [-0.05, 0) is 42.8 Å². The van der Waals surface area contributed by atoms with Gasteiger partial charge in [0.15, 0.2) is 5.54 Å². The fourth-order valence-corrected chi connectivity index (χ4v) is 4.33. The maximum atomic E-state index is 13.5. The summed E-state index contributed by atoms with van der Waals surface area (Å²) >= 11 is 6.08. The van der Waals surface area contributed by atoms with Crippen molar-refractivity contribution in [2.24, 2.45) is 5.10 Å². The second-order valence-electron chi connectivity index (χ2n) is 7.75. The summed E-state index contributed by atoms with van der Waals surface area (Å²) in [5.74, 6) is -0.283. The first-order valence-electron chi connectivity index (χ1n) is 9.78. The number of fused-ring (bicyclic) bond motifs is 1. The third-order valence-corrected chi connectivity index (χ3v) is 6.09. The molecule has 3 aromatic rings. The third-order valence-electron chi connectivity index (χ3n) is 5.84. The zero-order chi connectivity index (χ0) is 20.9. The molecular weight excluding hydrogens is 398 g/mol. The smallest absolute Gasteiger partial charge is 0.255 e. The molecular formula is C24H20ClN3O2. The Balaban J connectivity index is 1.67. The van der Waals surface area contributed by atoms with Crippen LogP contribution in [0.4, 0.5) is 11.4 Å². The Morgan fingerprint density at radius 1 is 1.07 bits per heavy atom. The van der Waals surface area contributed by atoms with Gasteiger partial charge in [0, 0.05) is 22.7 Å². The zero-order valence-corrected chi connectivity index (χ0v) is 17.1. The fraction of sp³-hybridized carbons (Fsp3) is 0.167. The van der Waals surface area contributed by atoms with E-state index in [1.807, 2.05) is 61.5 Å². The Labute approximate surface area is 179 Å². The van der Waals surface area contributed by atoms with Gasteiger partial charge >= 0.3 is 0 Å². The number of carbonyl (C=O) groups is 1. The van der Waals surface area contributed by atoms with Crippen LogP contribution in [0.5, 0.6) is 0 Å². The van der Waals surface area contributed by atoms with E-state index in [0.29, 0.717) is 22.0 Å². The maximum absolute atomic E-state index is 13.5. The van der Waals surface area contributed by atoms with Crippen molar-refractivity contribution in [3.8, 4) is 0 Å². The molecule has 0 fully saturated rings. The number of anilines is 2. The van der Waals surface area contributed by atoms with Gasteiger partial charge < -0.3 is 10.4 Å². The molecule has 0 saturated heterocycles. The van der Waals surface area contributed by atoms with Crippen molar-refractivity contribution in [2.75, 3.05) is 10.3 Å². The zero-order valence-electron chi connectivity index (χ0n) is 16.3. The summed E-state index contributed by atoms with van der Waals surface area (Å²) in [6.07, 6.45) is -0.773. The molecule has 2 N–H and O–H groups in total. The van der Waals surface area contributed by atoms with E-state index in [-0.39, 0.29) is 12.3 Å². The molecule has 0 bridgehead atoms. The van der Waals surface area contributed by atoms with Crippen LogP contribution in [-0.2, 0) is 4.79 Å². The van der Waals surface area contributed by atoms with Crippen LogP contribution in [0.3, 0.4) is 0 Å². The molecule has 0 aromatic heterocycles. The summed E-state index contributed by atoms with van der Waals surface area (Å²) < 4.78 is 0. The second kappa shape index (κ2) is 6.97. The molecule has 5 nitrogen and oxygen atoms in total. The van der Waals surface area contributed by atoms with Crippen LogP contribution in [-0.4, -0.2) is 22.3 Å². The molecule has 5 rings (SSSR count).